The van der Waals surface area contributed by atoms with Crippen LogP contribution in [0.1, 0.15) is 41.0 Å². The van der Waals surface area contributed by atoms with Crippen LogP contribution in [0.15, 0.2) is 90.4 Å². The van der Waals surface area contributed by atoms with Crippen molar-refractivity contribution in [3.05, 3.63) is 107 Å². The van der Waals surface area contributed by atoms with Gasteiger partial charge in [-0.05, 0) is 59.7 Å². The number of carboxylic acid groups (broad SMARTS) is 1. The van der Waals surface area contributed by atoms with Crippen LogP contribution in [0.3, 0.4) is 0 Å². The zero-order chi connectivity index (χ0) is 23.6. The average Bonchev–Trinajstić information content (AvgIpc) is 2.87. The number of rotatable bonds is 10. The smallest absolute Gasteiger partial charge is 0.341 e. The summed E-state index contributed by atoms with van der Waals surface area (Å²) in [7, 11) is 0. The van der Waals surface area contributed by atoms with Gasteiger partial charge in [0.15, 0.2) is 6.61 Å². The molecule has 1 unspecified atom stereocenters. The van der Waals surface area contributed by atoms with Gasteiger partial charge in [-0.25, -0.2) is 4.79 Å². The Hall–Kier alpha value is -3.93. The molecule has 1 heterocycles. The number of ether oxygens (including phenoxy) is 1. The number of oxime groups is 1. The van der Waals surface area contributed by atoms with Crippen LogP contribution in [0.4, 0.5) is 0 Å². The lowest BCUT2D eigenvalue weighted by Crippen LogP contribution is -2.14. The third kappa shape index (κ3) is 6.32. The highest BCUT2D eigenvalue weighted by Gasteiger charge is 2.21. The topological polar surface area (TPSA) is 81.0 Å². The quantitative estimate of drug-likeness (QED) is 0.197. The molecular weight excluding hydrogens is 428 g/mol. The molecule has 1 aliphatic carbocycles. The van der Waals surface area contributed by atoms with Gasteiger partial charge in [-0.3, -0.25) is 4.98 Å². The molecule has 1 aliphatic rings. The van der Waals surface area contributed by atoms with Crippen molar-refractivity contribution in [3.63, 3.8) is 0 Å². The number of carbonyl (C=O) groups is 1. The van der Waals surface area contributed by atoms with Crippen molar-refractivity contribution in [2.45, 2.75) is 31.6 Å². The maximum Gasteiger partial charge on any atom is 0.341 e. The fourth-order valence-electron chi connectivity index (χ4n) is 4.22. The minimum atomic E-state index is -0.971. The van der Waals surface area contributed by atoms with Crippen LogP contribution in [0.2, 0.25) is 0 Å². The van der Waals surface area contributed by atoms with Gasteiger partial charge in [-0.1, -0.05) is 59.8 Å². The summed E-state index contributed by atoms with van der Waals surface area (Å²) in [4.78, 5) is 20.8. The molecule has 4 rings (SSSR count). The lowest BCUT2D eigenvalue weighted by molar-refractivity contribution is -0.139. The number of pyridine rings is 1. The molecule has 0 aliphatic heterocycles. The monoisotopic (exact) mass is 456 g/mol. The Labute approximate surface area is 199 Å². The van der Waals surface area contributed by atoms with E-state index >= 15 is 0 Å². The molecule has 1 N–H and O–H groups in total. The number of nitrogens with zero attached hydrogens (tertiary/aromatic N) is 2. The fourth-order valence-corrected chi connectivity index (χ4v) is 4.22. The second-order valence-electron chi connectivity index (χ2n) is 8.17. The number of allylic oxidation sites excluding steroid dienone is 1. The van der Waals surface area contributed by atoms with Gasteiger partial charge in [-0.2, -0.15) is 0 Å². The Balaban J connectivity index is 1.41. The highest BCUT2D eigenvalue weighted by Crippen LogP contribution is 2.37. The van der Waals surface area contributed by atoms with Crippen molar-refractivity contribution in [2.75, 3.05) is 13.2 Å². The number of carboxylic acids is 1. The van der Waals surface area contributed by atoms with Crippen molar-refractivity contribution in [2.24, 2.45) is 5.16 Å². The number of hydrogen-bond donors (Lipinski definition) is 1. The first-order valence-corrected chi connectivity index (χ1v) is 11.5. The predicted molar refractivity (Wildman–Crippen MR) is 131 cm³/mol. The molecule has 3 aromatic rings. The molecule has 174 valence electrons. The SMILES string of the molecule is O=C(O)COc1cccc2c1CCCC2/C=C/CO/N=C(\Cc1cccnc1)c1ccccc1. The van der Waals surface area contributed by atoms with Gasteiger partial charge >= 0.3 is 5.97 Å². The number of aliphatic carboxylic acids is 1. The van der Waals surface area contributed by atoms with E-state index in [0.717, 1.165) is 41.7 Å². The average molecular weight is 457 g/mol. The van der Waals surface area contributed by atoms with E-state index in [1.165, 1.54) is 5.56 Å². The second kappa shape index (κ2) is 11.8. The van der Waals surface area contributed by atoms with Gasteiger partial charge in [-0.15, -0.1) is 0 Å². The van der Waals surface area contributed by atoms with Gasteiger partial charge in [0, 0.05) is 24.7 Å². The Kier molecular flexibility index (Phi) is 8.06. The van der Waals surface area contributed by atoms with Crippen molar-refractivity contribution in [1.29, 1.82) is 0 Å². The first-order valence-electron chi connectivity index (χ1n) is 11.5. The lowest BCUT2D eigenvalue weighted by Gasteiger charge is -2.25. The van der Waals surface area contributed by atoms with Crippen LogP contribution in [-0.2, 0) is 22.5 Å². The zero-order valence-electron chi connectivity index (χ0n) is 19.0. The van der Waals surface area contributed by atoms with Crippen LogP contribution >= 0.6 is 0 Å². The summed E-state index contributed by atoms with van der Waals surface area (Å²) in [6.45, 7) is 0.0377. The molecule has 6 nitrogen and oxygen atoms in total. The fraction of sp³-hybridized carbons (Fsp3) is 0.250. The molecule has 0 saturated heterocycles. The molecule has 0 fully saturated rings. The summed E-state index contributed by atoms with van der Waals surface area (Å²) in [5, 5.41) is 13.4. The molecule has 0 spiro atoms. The molecule has 1 atom stereocenters. The van der Waals surface area contributed by atoms with Gasteiger partial charge < -0.3 is 14.7 Å². The first-order chi connectivity index (χ1) is 16.7. The third-order valence-electron chi connectivity index (χ3n) is 5.78. The Bertz CT molecular complexity index is 1140. The van der Waals surface area contributed by atoms with E-state index in [1.807, 2.05) is 66.9 Å². The second-order valence-corrected chi connectivity index (χ2v) is 8.17. The van der Waals surface area contributed by atoms with E-state index < -0.39 is 5.97 Å². The van der Waals surface area contributed by atoms with E-state index in [-0.39, 0.29) is 12.5 Å². The zero-order valence-corrected chi connectivity index (χ0v) is 19.0. The molecule has 34 heavy (non-hydrogen) atoms. The maximum atomic E-state index is 10.9. The van der Waals surface area contributed by atoms with E-state index in [1.54, 1.807) is 6.20 Å². The van der Waals surface area contributed by atoms with Crippen LogP contribution in [-0.4, -0.2) is 35.0 Å². The van der Waals surface area contributed by atoms with E-state index in [2.05, 4.69) is 22.3 Å². The van der Waals surface area contributed by atoms with Gasteiger partial charge in [0.05, 0.1) is 5.71 Å². The third-order valence-corrected chi connectivity index (χ3v) is 5.78. The summed E-state index contributed by atoms with van der Waals surface area (Å²) in [5.41, 5.74) is 5.24. The van der Waals surface area contributed by atoms with Gasteiger partial charge in [0.25, 0.3) is 0 Å². The molecule has 1 aromatic heterocycles. The number of hydrogen-bond acceptors (Lipinski definition) is 5. The number of fused-ring (bicyclic) bond motifs is 1. The van der Waals surface area contributed by atoms with Crippen LogP contribution in [0, 0.1) is 0 Å². The van der Waals surface area contributed by atoms with Crippen molar-refractivity contribution < 1.29 is 19.5 Å². The minimum absolute atomic E-state index is 0.244. The lowest BCUT2D eigenvalue weighted by atomic mass is 9.82. The van der Waals surface area contributed by atoms with Crippen molar-refractivity contribution in [1.82, 2.24) is 4.98 Å². The Morgan fingerprint density at radius 3 is 2.79 bits per heavy atom. The molecule has 0 radical (unpaired) electrons. The van der Waals surface area contributed by atoms with E-state index in [4.69, 9.17) is 14.7 Å². The summed E-state index contributed by atoms with van der Waals surface area (Å²) >= 11 is 0. The van der Waals surface area contributed by atoms with E-state index in [0.29, 0.717) is 18.8 Å². The molecule has 0 amide bonds. The minimum Gasteiger partial charge on any atom is -0.482 e. The standard InChI is InChI=1S/C28H28N2O4/c31-28(32)20-33-27-15-5-13-24-22(11-4-14-25(24)27)12-7-17-34-30-26(23-9-2-1-3-10-23)18-21-8-6-16-29-19-21/h1-3,5-10,12-13,15-16,19,22H,4,11,14,17-18,20H2,(H,31,32)/b12-7+,30-26+. The van der Waals surface area contributed by atoms with E-state index in [9.17, 15) is 4.79 Å². The Morgan fingerprint density at radius 1 is 1.12 bits per heavy atom. The summed E-state index contributed by atoms with van der Waals surface area (Å²) in [6, 6.07) is 19.8. The number of aromatic nitrogens is 1. The molecule has 2 aromatic carbocycles. The van der Waals surface area contributed by atoms with Gasteiger partial charge in [0.1, 0.15) is 12.4 Å². The summed E-state index contributed by atoms with van der Waals surface area (Å²) < 4.78 is 5.50. The van der Waals surface area contributed by atoms with Crippen LogP contribution < -0.4 is 4.74 Å². The normalized spacial score (nSPS) is 15.6. The van der Waals surface area contributed by atoms with Crippen molar-refractivity contribution >= 4 is 11.7 Å². The molecule has 0 bridgehead atoms. The number of benzene rings is 2. The Morgan fingerprint density at radius 2 is 2.00 bits per heavy atom. The highest BCUT2D eigenvalue weighted by atomic mass is 16.6. The van der Waals surface area contributed by atoms with Gasteiger partial charge in [0.2, 0.25) is 0 Å². The molecule has 0 saturated carbocycles. The highest BCUT2D eigenvalue weighted by molar-refractivity contribution is 6.01. The molecular formula is C28H28N2O4. The van der Waals surface area contributed by atoms with Crippen LogP contribution in [0.25, 0.3) is 0 Å². The van der Waals surface area contributed by atoms with Crippen molar-refractivity contribution in [3.8, 4) is 5.75 Å². The summed E-state index contributed by atoms with van der Waals surface area (Å²) in [5.74, 6) is -0.0589. The predicted octanol–water partition coefficient (Wildman–Crippen LogP) is 5.18. The molecule has 6 heteroatoms. The summed E-state index contributed by atoms with van der Waals surface area (Å²) in [6.07, 6.45) is 11.3. The first kappa shape index (κ1) is 23.2. The largest absolute Gasteiger partial charge is 0.482 e. The maximum absolute atomic E-state index is 10.9. The van der Waals surface area contributed by atoms with Crippen LogP contribution in [0.5, 0.6) is 5.75 Å².